The smallest absolute Gasteiger partial charge is 0.309 e. The first-order valence-electron chi connectivity index (χ1n) is 4.25. The first-order valence-corrected chi connectivity index (χ1v) is 4.25. The average molecular weight is 172 g/mol. The van der Waals surface area contributed by atoms with E-state index in [2.05, 4.69) is 0 Å². The standard InChI is InChI=1S/C9H13FO2/c1-2-12-9(11)7-3-5-8(10)6-4-7/h5,7H,2-4,6H2,1H3. The number of esters is 1. The molecule has 0 amide bonds. The van der Waals surface area contributed by atoms with E-state index in [4.69, 9.17) is 4.74 Å². The number of halogens is 1. The van der Waals surface area contributed by atoms with Crippen LogP contribution in [0.15, 0.2) is 11.9 Å². The van der Waals surface area contributed by atoms with Crippen molar-refractivity contribution >= 4 is 5.97 Å². The summed E-state index contributed by atoms with van der Waals surface area (Å²) in [6.45, 7) is 2.18. The van der Waals surface area contributed by atoms with Gasteiger partial charge in [0.25, 0.3) is 0 Å². The SMILES string of the molecule is CCOC(=O)C1CC=C(F)CC1. The Kier molecular flexibility index (Phi) is 3.26. The Morgan fingerprint density at radius 2 is 2.58 bits per heavy atom. The zero-order valence-corrected chi connectivity index (χ0v) is 7.18. The van der Waals surface area contributed by atoms with Crippen molar-refractivity contribution in [2.75, 3.05) is 6.61 Å². The van der Waals surface area contributed by atoms with E-state index in [0.717, 1.165) is 0 Å². The predicted molar refractivity (Wildman–Crippen MR) is 43.2 cm³/mol. The Bertz CT molecular complexity index is 199. The van der Waals surface area contributed by atoms with Crippen molar-refractivity contribution in [3.8, 4) is 0 Å². The molecule has 0 saturated heterocycles. The van der Waals surface area contributed by atoms with Crippen molar-refractivity contribution in [2.45, 2.75) is 26.2 Å². The molecule has 1 unspecified atom stereocenters. The van der Waals surface area contributed by atoms with Crippen LogP contribution in [-0.4, -0.2) is 12.6 Å². The van der Waals surface area contributed by atoms with Crippen LogP contribution >= 0.6 is 0 Å². The molecule has 0 fully saturated rings. The third kappa shape index (κ3) is 2.32. The lowest BCUT2D eigenvalue weighted by Gasteiger charge is -2.16. The zero-order chi connectivity index (χ0) is 8.97. The summed E-state index contributed by atoms with van der Waals surface area (Å²) in [7, 11) is 0. The summed E-state index contributed by atoms with van der Waals surface area (Å²) in [5.41, 5.74) is 0. The predicted octanol–water partition coefficient (Wildman–Crippen LogP) is 2.20. The van der Waals surface area contributed by atoms with E-state index in [1.807, 2.05) is 0 Å². The molecule has 1 atom stereocenters. The summed E-state index contributed by atoms with van der Waals surface area (Å²) < 4.78 is 17.3. The Hall–Kier alpha value is -0.860. The molecule has 0 radical (unpaired) electrons. The van der Waals surface area contributed by atoms with Crippen molar-refractivity contribution in [2.24, 2.45) is 5.92 Å². The molecule has 0 bridgehead atoms. The van der Waals surface area contributed by atoms with Gasteiger partial charge in [-0.3, -0.25) is 4.79 Å². The second-order valence-corrected chi connectivity index (χ2v) is 2.87. The van der Waals surface area contributed by atoms with Gasteiger partial charge in [0.05, 0.1) is 18.4 Å². The van der Waals surface area contributed by atoms with Gasteiger partial charge in [-0.25, -0.2) is 4.39 Å². The van der Waals surface area contributed by atoms with Crippen LogP contribution in [0.2, 0.25) is 0 Å². The second kappa shape index (κ2) is 4.24. The van der Waals surface area contributed by atoms with Gasteiger partial charge in [0, 0.05) is 0 Å². The normalized spacial score (nSPS) is 23.2. The van der Waals surface area contributed by atoms with Crippen molar-refractivity contribution in [1.82, 2.24) is 0 Å². The summed E-state index contributed by atoms with van der Waals surface area (Å²) in [5, 5.41) is 0. The fourth-order valence-corrected chi connectivity index (χ4v) is 1.28. The molecule has 1 aliphatic carbocycles. The summed E-state index contributed by atoms with van der Waals surface area (Å²) in [6, 6.07) is 0. The highest BCUT2D eigenvalue weighted by atomic mass is 19.1. The minimum atomic E-state index is -0.193. The van der Waals surface area contributed by atoms with Crippen LogP contribution < -0.4 is 0 Å². The fraction of sp³-hybridized carbons (Fsp3) is 0.667. The first-order chi connectivity index (χ1) is 5.74. The summed E-state index contributed by atoms with van der Waals surface area (Å²) in [6.07, 6.45) is 2.93. The van der Waals surface area contributed by atoms with E-state index < -0.39 is 0 Å². The highest BCUT2D eigenvalue weighted by molar-refractivity contribution is 5.72. The number of carbonyl (C=O) groups is 1. The van der Waals surface area contributed by atoms with Gasteiger partial charge < -0.3 is 4.74 Å². The van der Waals surface area contributed by atoms with Gasteiger partial charge in [-0.05, 0) is 26.2 Å². The maximum absolute atomic E-state index is 12.5. The van der Waals surface area contributed by atoms with Crippen LogP contribution in [0, 0.1) is 5.92 Å². The van der Waals surface area contributed by atoms with Crippen molar-refractivity contribution < 1.29 is 13.9 Å². The molecule has 12 heavy (non-hydrogen) atoms. The van der Waals surface area contributed by atoms with E-state index in [1.54, 1.807) is 6.92 Å². The number of ether oxygens (including phenoxy) is 1. The van der Waals surface area contributed by atoms with Crippen LogP contribution in [0.4, 0.5) is 4.39 Å². The number of hydrogen-bond acceptors (Lipinski definition) is 2. The van der Waals surface area contributed by atoms with Gasteiger partial charge in [0.1, 0.15) is 0 Å². The van der Waals surface area contributed by atoms with Gasteiger partial charge >= 0.3 is 5.97 Å². The number of carbonyl (C=O) groups excluding carboxylic acids is 1. The maximum Gasteiger partial charge on any atom is 0.309 e. The Labute approximate surface area is 71.4 Å². The molecule has 0 heterocycles. The van der Waals surface area contributed by atoms with Crippen LogP contribution in [0.5, 0.6) is 0 Å². The van der Waals surface area contributed by atoms with Crippen LogP contribution in [0.25, 0.3) is 0 Å². The lowest BCUT2D eigenvalue weighted by Crippen LogP contribution is -2.19. The largest absolute Gasteiger partial charge is 0.466 e. The van der Waals surface area contributed by atoms with Crippen LogP contribution in [-0.2, 0) is 9.53 Å². The molecule has 1 aliphatic rings. The van der Waals surface area contributed by atoms with Gasteiger partial charge in [0.2, 0.25) is 0 Å². The van der Waals surface area contributed by atoms with Crippen LogP contribution in [0.1, 0.15) is 26.2 Å². The van der Waals surface area contributed by atoms with Gasteiger partial charge in [-0.1, -0.05) is 6.08 Å². The van der Waals surface area contributed by atoms with E-state index in [1.165, 1.54) is 6.08 Å². The molecule has 2 nitrogen and oxygen atoms in total. The van der Waals surface area contributed by atoms with Crippen molar-refractivity contribution in [3.63, 3.8) is 0 Å². The summed E-state index contributed by atoms with van der Waals surface area (Å²) in [5.74, 6) is -0.416. The maximum atomic E-state index is 12.5. The van der Waals surface area contributed by atoms with E-state index in [9.17, 15) is 9.18 Å². The van der Waals surface area contributed by atoms with E-state index in [-0.39, 0.29) is 17.7 Å². The molecule has 1 rings (SSSR count). The molecular formula is C9H13FO2. The number of hydrogen-bond donors (Lipinski definition) is 0. The lowest BCUT2D eigenvalue weighted by molar-refractivity contribution is -0.148. The second-order valence-electron chi connectivity index (χ2n) is 2.87. The highest BCUT2D eigenvalue weighted by Gasteiger charge is 2.22. The highest BCUT2D eigenvalue weighted by Crippen LogP contribution is 2.24. The van der Waals surface area contributed by atoms with E-state index >= 15 is 0 Å². The minimum Gasteiger partial charge on any atom is -0.466 e. The minimum absolute atomic E-state index is 0.101. The molecule has 68 valence electrons. The molecule has 3 heteroatoms. The molecule has 0 spiro atoms. The topological polar surface area (TPSA) is 26.3 Å². The number of allylic oxidation sites excluding steroid dienone is 2. The molecule has 0 aliphatic heterocycles. The lowest BCUT2D eigenvalue weighted by atomic mass is 9.94. The Balaban J connectivity index is 2.40. The first kappa shape index (κ1) is 9.23. The van der Waals surface area contributed by atoms with Gasteiger partial charge in [-0.15, -0.1) is 0 Å². The van der Waals surface area contributed by atoms with Crippen LogP contribution in [0.3, 0.4) is 0 Å². The summed E-state index contributed by atoms with van der Waals surface area (Å²) in [4.78, 5) is 11.1. The number of rotatable bonds is 2. The fourth-order valence-electron chi connectivity index (χ4n) is 1.28. The zero-order valence-electron chi connectivity index (χ0n) is 7.18. The third-order valence-corrected chi connectivity index (χ3v) is 1.98. The average Bonchev–Trinajstić information content (AvgIpc) is 2.06. The quantitative estimate of drug-likeness (QED) is 0.597. The molecule has 0 saturated carbocycles. The molecule has 0 N–H and O–H groups in total. The molecule has 0 aromatic carbocycles. The van der Waals surface area contributed by atoms with Gasteiger partial charge in [-0.2, -0.15) is 0 Å². The molecule has 0 aromatic rings. The van der Waals surface area contributed by atoms with Gasteiger partial charge in [0.15, 0.2) is 0 Å². The Morgan fingerprint density at radius 3 is 3.08 bits per heavy atom. The Morgan fingerprint density at radius 1 is 1.83 bits per heavy atom. The van der Waals surface area contributed by atoms with Crippen molar-refractivity contribution in [3.05, 3.63) is 11.9 Å². The summed E-state index contributed by atoms with van der Waals surface area (Å²) >= 11 is 0. The van der Waals surface area contributed by atoms with Crippen molar-refractivity contribution in [1.29, 1.82) is 0 Å². The molecule has 0 aromatic heterocycles. The molecular weight excluding hydrogens is 159 g/mol. The third-order valence-electron chi connectivity index (χ3n) is 1.98. The van der Waals surface area contributed by atoms with E-state index in [0.29, 0.717) is 25.9 Å². The monoisotopic (exact) mass is 172 g/mol.